The van der Waals surface area contributed by atoms with Crippen LogP contribution < -0.4 is 5.56 Å². The van der Waals surface area contributed by atoms with Crippen molar-refractivity contribution in [3.8, 4) is 0 Å². The molecule has 1 aromatic heterocycles. The summed E-state index contributed by atoms with van der Waals surface area (Å²) in [5, 5.41) is 0. The molecule has 9 heteroatoms. The maximum Gasteiger partial charge on any atom is 0.525 e. The molecular formula is C24H36BFN2O5. The van der Waals surface area contributed by atoms with Crippen molar-refractivity contribution in [1.29, 1.82) is 0 Å². The molecule has 0 N–H and O–H groups in total. The minimum Gasteiger partial charge on any atom is -0.444 e. The predicted molar refractivity (Wildman–Crippen MR) is 126 cm³/mol. The van der Waals surface area contributed by atoms with Gasteiger partial charge in [-0.15, -0.1) is 0 Å². The van der Waals surface area contributed by atoms with E-state index >= 15 is 0 Å². The van der Waals surface area contributed by atoms with Crippen LogP contribution in [0.1, 0.15) is 66.9 Å². The SMILES string of the molecule is CC(C)(C)OC(=O)N1CCC(Cn2cc(C=C(F)B3OC(C)(C)C(C)(C)O3)ccc2=O)CC1. The van der Waals surface area contributed by atoms with Crippen molar-refractivity contribution in [2.75, 3.05) is 13.1 Å². The molecule has 0 unspecified atom stereocenters. The van der Waals surface area contributed by atoms with E-state index in [-0.39, 0.29) is 17.6 Å². The standard InChI is InChI=1S/C24H36BFN2O5/c1-22(2,3)31-21(30)27-12-10-17(11-13-27)15-28-16-18(8-9-20(28)29)14-19(26)25-32-23(4,5)24(6,7)33-25/h8-9,14,16-17H,10-13,15H2,1-7H3. The van der Waals surface area contributed by atoms with E-state index in [0.717, 1.165) is 12.8 Å². The second kappa shape index (κ2) is 9.26. The smallest absolute Gasteiger partial charge is 0.444 e. The molecule has 7 nitrogen and oxygen atoms in total. The highest BCUT2D eigenvalue weighted by Gasteiger charge is 2.53. The quantitative estimate of drug-likeness (QED) is 0.619. The zero-order chi connectivity index (χ0) is 24.6. The highest BCUT2D eigenvalue weighted by molar-refractivity contribution is 6.54. The number of carbonyl (C=O) groups excluding carboxylic acids is 1. The Morgan fingerprint density at radius 1 is 1.18 bits per heavy atom. The third-order valence-corrected chi connectivity index (χ3v) is 6.51. The molecular weight excluding hydrogens is 426 g/mol. The van der Waals surface area contributed by atoms with Crippen molar-refractivity contribution in [3.05, 3.63) is 40.0 Å². The van der Waals surface area contributed by atoms with Gasteiger partial charge in [0.05, 0.1) is 11.2 Å². The number of aromatic nitrogens is 1. The van der Waals surface area contributed by atoms with E-state index in [0.29, 0.717) is 25.2 Å². The Morgan fingerprint density at radius 3 is 2.30 bits per heavy atom. The lowest BCUT2D eigenvalue weighted by molar-refractivity contribution is 0.00578. The van der Waals surface area contributed by atoms with Crippen molar-refractivity contribution < 1.29 is 23.2 Å². The number of likely N-dealkylation sites (tertiary alicyclic amines) is 1. The number of amides is 1. The molecule has 33 heavy (non-hydrogen) atoms. The molecule has 0 aliphatic carbocycles. The van der Waals surface area contributed by atoms with Gasteiger partial charge in [-0.1, -0.05) is 0 Å². The van der Waals surface area contributed by atoms with Gasteiger partial charge in [-0.2, -0.15) is 0 Å². The van der Waals surface area contributed by atoms with Gasteiger partial charge in [0, 0.05) is 31.9 Å². The molecule has 2 aliphatic heterocycles. The van der Waals surface area contributed by atoms with E-state index in [1.54, 1.807) is 21.7 Å². The monoisotopic (exact) mass is 462 g/mol. The lowest BCUT2D eigenvalue weighted by atomic mass is 9.87. The summed E-state index contributed by atoms with van der Waals surface area (Å²) in [6.07, 6.45) is 4.25. The van der Waals surface area contributed by atoms with Gasteiger partial charge in [0.2, 0.25) is 0 Å². The Labute approximate surface area is 196 Å². The summed E-state index contributed by atoms with van der Waals surface area (Å²) in [4.78, 5) is 26.4. The number of rotatable bonds is 4. The second-order valence-corrected chi connectivity index (χ2v) is 11.0. The van der Waals surface area contributed by atoms with Gasteiger partial charge >= 0.3 is 13.2 Å². The first-order valence-corrected chi connectivity index (χ1v) is 11.6. The Balaban J connectivity index is 1.63. The lowest BCUT2D eigenvalue weighted by Gasteiger charge is -2.33. The topological polar surface area (TPSA) is 70.0 Å². The van der Waals surface area contributed by atoms with Crippen molar-refractivity contribution in [1.82, 2.24) is 9.47 Å². The van der Waals surface area contributed by atoms with Crippen LogP contribution >= 0.6 is 0 Å². The third-order valence-electron chi connectivity index (χ3n) is 6.51. The first-order chi connectivity index (χ1) is 15.2. The van der Waals surface area contributed by atoms with Crippen LogP contribution in [0.15, 0.2) is 28.9 Å². The van der Waals surface area contributed by atoms with Crippen molar-refractivity contribution in [2.45, 2.75) is 84.7 Å². The van der Waals surface area contributed by atoms with E-state index in [1.807, 2.05) is 48.5 Å². The van der Waals surface area contributed by atoms with Gasteiger partial charge in [0.15, 0.2) is 0 Å². The largest absolute Gasteiger partial charge is 0.525 e. The molecule has 0 saturated carbocycles. The minimum atomic E-state index is -1.08. The summed E-state index contributed by atoms with van der Waals surface area (Å²) < 4.78 is 33.4. The Morgan fingerprint density at radius 2 is 1.76 bits per heavy atom. The predicted octanol–water partition coefficient (Wildman–Crippen LogP) is 4.44. The number of ether oxygens (including phenoxy) is 1. The summed E-state index contributed by atoms with van der Waals surface area (Å²) in [5.74, 6) is 0.244. The Kier molecular flexibility index (Phi) is 7.15. The van der Waals surface area contributed by atoms with Gasteiger partial charge in [-0.05, 0) is 84.9 Å². The summed E-state index contributed by atoms with van der Waals surface area (Å²) in [6.45, 7) is 14.7. The van der Waals surface area contributed by atoms with Crippen molar-refractivity contribution in [3.63, 3.8) is 0 Å². The molecule has 3 heterocycles. The van der Waals surface area contributed by atoms with Crippen LogP contribution in [0.3, 0.4) is 0 Å². The third kappa shape index (κ3) is 6.26. The Hall–Kier alpha value is -2.13. The summed E-state index contributed by atoms with van der Waals surface area (Å²) in [5.41, 5.74) is -1.90. The van der Waals surface area contributed by atoms with Crippen LogP contribution in [0.25, 0.3) is 6.08 Å². The number of carbonyl (C=O) groups is 1. The van der Waals surface area contributed by atoms with E-state index in [9.17, 15) is 14.0 Å². The van der Waals surface area contributed by atoms with Crippen LogP contribution in [-0.4, -0.2) is 52.6 Å². The maximum atomic E-state index is 14.9. The molecule has 1 aromatic rings. The highest BCUT2D eigenvalue weighted by atomic mass is 19.1. The second-order valence-electron chi connectivity index (χ2n) is 11.0. The number of nitrogens with zero attached hydrogens (tertiary/aromatic N) is 2. The zero-order valence-electron chi connectivity index (χ0n) is 20.8. The average molecular weight is 462 g/mol. The lowest BCUT2D eigenvalue weighted by Crippen LogP contribution is -2.42. The highest BCUT2D eigenvalue weighted by Crippen LogP contribution is 2.39. The number of halogens is 1. The number of piperidine rings is 1. The number of hydrogen-bond acceptors (Lipinski definition) is 5. The molecule has 0 spiro atoms. The summed E-state index contributed by atoms with van der Waals surface area (Å²) >= 11 is 0. The van der Waals surface area contributed by atoms with E-state index in [1.165, 1.54) is 12.1 Å². The maximum absolute atomic E-state index is 14.9. The number of hydrogen-bond donors (Lipinski definition) is 0. The molecule has 0 aromatic carbocycles. The molecule has 3 rings (SSSR count). The normalized spacial score (nSPS) is 21.4. The average Bonchev–Trinajstić information content (AvgIpc) is 2.91. The molecule has 0 bridgehead atoms. The first-order valence-electron chi connectivity index (χ1n) is 11.6. The fourth-order valence-electron chi connectivity index (χ4n) is 3.86. The fourth-order valence-corrected chi connectivity index (χ4v) is 3.86. The fraction of sp³-hybridized carbons (Fsp3) is 0.667. The van der Waals surface area contributed by atoms with Gasteiger partial charge in [0.1, 0.15) is 11.3 Å². The van der Waals surface area contributed by atoms with Crippen LogP contribution in [0.5, 0.6) is 0 Å². The molecule has 0 atom stereocenters. The van der Waals surface area contributed by atoms with Gasteiger partial charge in [0.25, 0.3) is 5.56 Å². The summed E-state index contributed by atoms with van der Waals surface area (Å²) in [7, 11) is -1.08. The van der Waals surface area contributed by atoms with E-state index in [2.05, 4.69) is 0 Å². The van der Waals surface area contributed by atoms with Gasteiger partial charge in [-0.25, -0.2) is 9.18 Å². The molecule has 182 valence electrons. The number of pyridine rings is 1. The van der Waals surface area contributed by atoms with Crippen LogP contribution in [0.4, 0.5) is 9.18 Å². The molecule has 2 fully saturated rings. The molecule has 2 aliphatic rings. The van der Waals surface area contributed by atoms with Gasteiger partial charge < -0.3 is 23.5 Å². The summed E-state index contributed by atoms with van der Waals surface area (Å²) in [6, 6.07) is 3.04. The van der Waals surface area contributed by atoms with Crippen molar-refractivity contribution in [2.24, 2.45) is 5.92 Å². The van der Waals surface area contributed by atoms with E-state index in [4.69, 9.17) is 14.0 Å². The van der Waals surface area contributed by atoms with Crippen LogP contribution in [0.2, 0.25) is 0 Å². The molecule has 2 saturated heterocycles. The first kappa shape index (κ1) is 25.5. The van der Waals surface area contributed by atoms with E-state index < -0.39 is 29.6 Å². The van der Waals surface area contributed by atoms with Crippen LogP contribution in [0, 0.1) is 5.92 Å². The van der Waals surface area contributed by atoms with Crippen molar-refractivity contribution >= 4 is 19.3 Å². The molecule has 1 amide bonds. The zero-order valence-corrected chi connectivity index (χ0v) is 20.8. The molecule has 0 radical (unpaired) electrons. The van der Waals surface area contributed by atoms with Crippen LogP contribution in [-0.2, 0) is 20.6 Å². The van der Waals surface area contributed by atoms with Gasteiger partial charge in [-0.3, -0.25) is 4.79 Å². The Bertz CT molecular complexity index is 942. The minimum absolute atomic E-state index is 0.141.